The molecule has 21 heteroatoms. The van der Waals surface area contributed by atoms with Gasteiger partial charge in [-0.15, -0.1) is 0 Å². The summed E-state index contributed by atoms with van der Waals surface area (Å²) in [4.78, 5) is 12.7. The molecule has 290 valence electrons. The van der Waals surface area contributed by atoms with E-state index in [1.54, 1.807) is 12.2 Å². The highest BCUT2D eigenvalue weighted by Crippen LogP contribution is 2.34. The fraction of sp³-hybridized carbons (Fsp3) is 0.897. The number of aliphatic hydroxyl groups excluding tert-OH is 7. The predicted molar refractivity (Wildman–Crippen MR) is 170 cm³/mol. The summed E-state index contributed by atoms with van der Waals surface area (Å²) in [5, 5.41) is 78.5. The van der Waals surface area contributed by atoms with Crippen molar-refractivity contribution < 1.29 is 69.0 Å². The maximum Gasteiger partial charge on any atom is 0.249 e. The van der Waals surface area contributed by atoms with Gasteiger partial charge < -0.3 is 103 Å². The molecular weight excluding hydrogens is 670 g/mol. The lowest BCUT2D eigenvalue weighted by Crippen LogP contribution is -2.67. The molecule has 4 aliphatic rings. The number of amides is 1. The maximum absolute atomic E-state index is 12.7. The highest BCUT2D eigenvalue weighted by Gasteiger charge is 2.54. The van der Waals surface area contributed by atoms with Crippen LogP contribution in [-0.4, -0.2) is 191 Å². The molecule has 2 saturated heterocycles. The zero-order valence-corrected chi connectivity index (χ0v) is 27.6. The van der Waals surface area contributed by atoms with Gasteiger partial charge in [-0.3, -0.25) is 4.79 Å². The SMILES string of the molecule is NCCC(O)C(=O)NC1CC(N)C(OC2OC(CNCCO)C=CC2N)C(OC2OC(CO)C(OC3OC(CN)C(O)C(O)C3N)C2O)C1O. The number of carbonyl (C=O) groups excluding carboxylic acids is 1. The minimum absolute atomic E-state index is 0.0327. The molecule has 0 spiro atoms. The fourth-order valence-electron chi connectivity index (χ4n) is 6.36. The largest absolute Gasteiger partial charge is 0.395 e. The van der Waals surface area contributed by atoms with E-state index in [0.717, 1.165) is 0 Å². The Kier molecular flexibility index (Phi) is 15.6. The van der Waals surface area contributed by atoms with Crippen molar-refractivity contribution >= 4 is 5.91 Å². The van der Waals surface area contributed by atoms with Crippen LogP contribution in [0.3, 0.4) is 0 Å². The summed E-state index contributed by atoms with van der Waals surface area (Å²) in [6, 6.07) is -4.05. The molecule has 3 fully saturated rings. The molecule has 0 aromatic carbocycles. The third-order valence-electron chi connectivity index (χ3n) is 9.22. The average molecular weight is 726 g/mol. The van der Waals surface area contributed by atoms with Crippen molar-refractivity contribution in [3.8, 4) is 0 Å². The summed E-state index contributed by atoms with van der Waals surface area (Å²) in [7, 11) is 0. The zero-order valence-electron chi connectivity index (χ0n) is 27.6. The Morgan fingerprint density at radius 1 is 0.840 bits per heavy atom. The lowest BCUT2D eigenvalue weighted by atomic mass is 9.83. The summed E-state index contributed by atoms with van der Waals surface area (Å²) < 4.78 is 35.7. The van der Waals surface area contributed by atoms with Crippen LogP contribution in [0.4, 0.5) is 0 Å². The number of rotatable bonds is 16. The smallest absolute Gasteiger partial charge is 0.249 e. The molecule has 21 nitrogen and oxygen atoms in total. The molecule has 1 saturated carbocycles. The molecule has 50 heavy (non-hydrogen) atoms. The average Bonchev–Trinajstić information content (AvgIpc) is 3.39. The van der Waals surface area contributed by atoms with E-state index in [2.05, 4.69) is 10.6 Å². The highest BCUT2D eigenvalue weighted by molar-refractivity contribution is 5.80. The van der Waals surface area contributed by atoms with Crippen LogP contribution < -0.4 is 39.3 Å². The Bertz CT molecular complexity index is 1090. The minimum atomic E-state index is -1.66. The Hall–Kier alpha value is -1.55. The molecule has 0 radical (unpaired) electrons. The first-order valence-electron chi connectivity index (χ1n) is 16.8. The minimum Gasteiger partial charge on any atom is -0.395 e. The van der Waals surface area contributed by atoms with Crippen molar-refractivity contribution in [2.75, 3.05) is 39.4 Å². The van der Waals surface area contributed by atoms with E-state index in [1.165, 1.54) is 0 Å². The maximum atomic E-state index is 12.7. The number of nitrogens with one attached hydrogen (secondary N) is 2. The van der Waals surface area contributed by atoms with Crippen molar-refractivity contribution in [2.24, 2.45) is 28.7 Å². The molecule has 0 bridgehead atoms. The molecule has 19 N–H and O–H groups in total. The van der Waals surface area contributed by atoms with Crippen molar-refractivity contribution in [3.05, 3.63) is 12.2 Å². The van der Waals surface area contributed by atoms with E-state index < -0.39 is 123 Å². The molecule has 18 unspecified atom stereocenters. The van der Waals surface area contributed by atoms with Crippen LogP contribution in [0.2, 0.25) is 0 Å². The van der Waals surface area contributed by atoms with Gasteiger partial charge in [0.05, 0.1) is 37.4 Å². The normalized spacial score (nSPS) is 44.3. The van der Waals surface area contributed by atoms with Crippen LogP contribution in [0.25, 0.3) is 0 Å². The molecule has 18 atom stereocenters. The topological polar surface area (TPSA) is 368 Å². The third kappa shape index (κ3) is 9.70. The van der Waals surface area contributed by atoms with Crippen molar-refractivity contribution in [3.63, 3.8) is 0 Å². The third-order valence-corrected chi connectivity index (χ3v) is 9.22. The van der Waals surface area contributed by atoms with E-state index in [-0.39, 0.29) is 32.5 Å². The quantitative estimate of drug-likeness (QED) is 0.0519. The lowest BCUT2D eigenvalue weighted by Gasteiger charge is -2.46. The second-order valence-corrected chi connectivity index (χ2v) is 12.9. The second-order valence-electron chi connectivity index (χ2n) is 12.9. The fourth-order valence-corrected chi connectivity index (χ4v) is 6.36. The first-order valence-corrected chi connectivity index (χ1v) is 16.8. The summed E-state index contributed by atoms with van der Waals surface area (Å²) in [6.07, 6.45) is -15.1. The first kappa shape index (κ1) is 41.2. The number of hydrogen-bond acceptors (Lipinski definition) is 20. The van der Waals surface area contributed by atoms with Crippen molar-refractivity contribution in [1.82, 2.24) is 10.6 Å². The van der Waals surface area contributed by atoms with Crippen LogP contribution in [0.1, 0.15) is 12.8 Å². The summed E-state index contributed by atoms with van der Waals surface area (Å²) in [6.45, 7) is -0.261. The molecule has 1 amide bonds. The predicted octanol–water partition coefficient (Wildman–Crippen LogP) is -8.57. The van der Waals surface area contributed by atoms with E-state index in [4.69, 9.17) is 62.2 Å². The van der Waals surface area contributed by atoms with Gasteiger partial charge in [-0.05, 0) is 19.4 Å². The van der Waals surface area contributed by atoms with Crippen LogP contribution in [0.15, 0.2) is 12.2 Å². The summed E-state index contributed by atoms with van der Waals surface area (Å²) >= 11 is 0. The molecule has 0 aromatic heterocycles. The van der Waals surface area contributed by atoms with Crippen LogP contribution in [-0.2, 0) is 33.2 Å². The monoisotopic (exact) mass is 725 g/mol. The second kappa shape index (κ2) is 19.0. The van der Waals surface area contributed by atoms with E-state index in [9.17, 15) is 35.4 Å². The number of nitrogens with two attached hydrogens (primary N) is 5. The van der Waals surface area contributed by atoms with Gasteiger partial charge in [0.25, 0.3) is 0 Å². The number of carbonyl (C=O) groups is 1. The van der Waals surface area contributed by atoms with Gasteiger partial charge in [0.15, 0.2) is 18.9 Å². The van der Waals surface area contributed by atoms with Gasteiger partial charge in [0.1, 0.15) is 61.0 Å². The molecule has 0 aromatic rings. The summed E-state index contributed by atoms with van der Waals surface area (Å²) in [5.74, 6) is -0.802. The Balaban J connectivity index is 1.54. The van der Waals surface area contributed by atoms with Gasteiger partial charge >= 0.3 is 0 Å². The van der Waals surface area contributed by atoms with Crippen molar-refractivity contribution in [1.29, 1.82) is 0 Å². The van der Waals surface area contributed by atoms with E-state index in [1.807, 2.05) is 0 Å². The van der Waals surface area contributed by atoms with Gasteiger partial charge in [-0.2, -0.15) is 0 Å². The lowest BCUT2D eigenvalue weighted by molar-refractivity contribution is -0.284. The first-order chi connectivity index (χ1) is 23.8. The van der Waals surface area contributed by atoms with E-state index in [0.29, 0.717) is 13.1 Å². The van der Waals surface area contributed by atoms with Gasteiger partial charge in [0, 0.05) is 25.7 Å². The molecule has 4 rings (SSSR count). The molecule has 3 aliphatic heterocycles. The summed E-state index contributed by atoms with van der Waals surface area (Å²) in [5.41, 5.74) is 30.0. The number of aliphatic hydroxyl groups is 7. The van der Waals surface area contributed by atoms with Gasteiger partial charge in [-0.25, -0.2) is 0 Å². The van der Waals surface area contributed by atoms with E-state index >= 15 is 0 Å². The molecular formula is C29H55N7O14. The highest BCUT2D eigenvalue weighted by atomic mass is 16.8. The Labute approximate surface area is 288 Å². The standard InChI is InChI=1S/C29H55N7O14/c30-4-3-15(39)26(44)36-14-7-13(33)23(48-27-12(32)2-1-11(45-27)9-35-5-6-37)25(19(14)40)50-29-22(43)24(17(10-38)47-29)49-28-18(34)21(42)20(41)16(8-31)46-28/h1-2,11-25,27-29,35,37-43H,3-10,30-34H2,(H,36,44). The molecule has 3 heterocycles. The van der Waals surface area contributed by atoms with Gasteiger partial charge in [0.2, 0.25) is 5.91 Å². The van der Waals surface area contributed by atoms with Crippen LogP contribution in [0.5, 0.6) is 0 Å². The van der Waals surface area contributed by atoms with Crippen LogP contribution >= 0.6 is 0 Å². The Morgan fingerprint density at radius 3 is 2.18 bits per heavy atom. The van der Waals surface area contributed by atoms with Crippen molar-refractivity contribution in [2.45, 2.75) is 123 Å². The van der Waals surface area contributed by atoms with Gasteiger partial charge in [-0.1, -0.05) is 12.2 Å². The number of hydrogen-bond donors (Lipinski definition) is 14. The Morgan fingerprint density at radius 2 is 1.52 bits per heavy atom. The van der Waals surface area contributed by atoms with Crippen LogP contribution in [0, 0.1) is 0 Å². The number of ether oxygens (including phenoxy) is 6. The zero-order chi connectivity index (χ0) is 36.7. The molecule has 1 aliphatic carbocycles.